The number of nitro groups is 1. The lowest BCUT2D eigenvalue weighted by atomic mass is 10.1. The van der Waals surface area contributed by atoms with Gasteiger partial charge in [-0.2, -0.15) is 0 Å². The molecule has 2 rings (SSSR count). The second-order valence-electron chi connectivity index (χ2n) is 4.53. The van der Waals surface area contributed by atoms with Crippen LogP contribution < -0.4 is 5.73 Å². The molecule has 7 heteroatoms. The quantitative estimate of drug-likeness (QED) is 0.369. The first-order valence-corrected chi connectivity index (χ1v) is 6.30. The van der Waals surface area contributed by atoms with Crippen LogP contribution in [0.15, 0.2) is 48.5 Å². The Morgan fingerprint density at radius 3 is 2.32 bits per heavy atom. The Balaban J connectivity index is 0.00000242. The highest BCUT2D eigenvalue weighted by Gasteiger charge is 2.05. The highest BCUT2D eigenvalue weighted by atomic mass is 35.5. The molecule has 0 fully saturated rings. The first kappa shape index (κ1) is 17.6. The average Bonchev–Trinajstić information content (AvgIpc) is 2.48. The van der Waals surface area contributed by atoms with Gasteiger partial charge in [-0.3, -0.25) is 15.5 Å². The fraction of sp³-hybridized carbons (Fsp3) is 0.133. The maximum absolute atomic E-state index is 10.7. The first-order valence-electron chi connectivity index (χ1n) is 6.30. The minimum atomic E-state index is -0.431. The Morgan fingerprint density at radius 2 is 1.73 bits per heavy atom. The van der Waals surface area contributed by atoms with E-state index in [4.69, 9.17) is 15.9 Å². The van der Waals surface area contributed by atoms with E-state index < -0.39 is 4.92 Å². The van der Waals surface area contributed by atoms with Gasteiger partial charge in [0.1, 0.15) is 5.84 Å². The zero-order valence-corrected chi connectivity index (χ0v) is 12.5. The van der Waals surface area contributed by atoms with Crippen molar-refractivity contribution in [3.63, 3.8) is 0 Å². The fourth-order valence-corrected chi connectivity index (χ4v) is 1.88. The monoisotopic (exact) mass is 321 g/mol. The second-order valence-corrected chi connectivity index (χ2v) is 4.53. The molecular formula is C15H16ClN3O3. The van der Waals surface area contributed by atoms with Crippen molar-refractivity contribution >= 4 is 23.9 Å². The summed E-state index contributed by atoms with van der Waals surface area (Å²) in [5.74, 6) is 0.00975. The van der Waals surface area contributed by atoms with Crippen LogP contribution in [-0.2, 0) is 18.0 Å². The number of rotatable bonds is 6. The number of nitrogens with one attached hydrogen (secondary N) is 1. The first-order chi connectivity index (χ1) is 10.1. The largest absolute Gasteiger partial charge is 0.384 e. The lowest BCUT2D eigenvalue weighted by Gasteiger charge is -2.06. The third kappa shape index (κ3) is 4.83. The van der Waals surface area contributed by atoms with Gasteiger partial charge in [-0.25, -0.2) is 0 Å². The van der Waals surface area contributed by atoms with Crippen LogP contribution in [0.4, 0.5) is 5.69 Å². The molecule has 0 radical (unpaired) electrons. The molecule has 0 heterocycles. The summed E-state index contributed by atoms with van der Waals surface area (Å²) in [6, 6.07) is 13.6. The molecule has 0 aliphatic carbocycles. The molecule has 2 aromatic carbocycles. The van der Waals surface area contributed by atoms with Crippen LogP contribution in [-0.4, -0.2) is 10.8 Å². The molecule has 0 unspecified atom stereocenters. The van der Waals surface area contributed by atoms with Crippen molar-refractivity contribution in [2.75, 3.05) is 0 Å². The number of non-ortho nitro benzene ring substituents is 1. The van der Waals surface area contributed by atoms with E-state index in [9.17, 15) is 10.1 Å². The highest BCUT2D eigenvalue weighted by Crippen LogP contribution is 2.14. The normalized spacial score (nSPS) is 9.82. The van der Waals surface area contributed by atoms with Crippen LogP contribution in [0.25, 0.3) is 0 Å². The predicted octanol–water partition coefficient (Wildman–Crippen LogP) is 3.02. The molecule has 0 aliphatic rings. The zero-order chi connectivity index (χ0) is 15.2. The summed E-state index contributed by atoms with van der Waals surface area (Å²) < 4.78 is 5.54. The summed E-state index contributed by atoms with van der Waals surface area (Å²) in [4.78, 5) is 10.3. The van der Waals surface area contributed by atoms with Gasteiger partial charge in [0.05, 0.1) is 18.1 Å². The SMILES string of the molecule is Cl.N=C(N)c1cccc(COCc2cccc([N+](=O)[O-])c2)c1. The summed E-state index contributed by atoms with van der Waals surface area (Å²) in [5.41, 5.74) is 7.76. The molecule has 0 saturated heterocycles. The van der Waals surface area contributed by atoms with E-state index >= 15 is 0 Å². The summed E-state index contributed by atoms with van der Waals surface area (Å²) >= 11 is 0. The lowest BCUT2D eigenvalue weighted by Crippen LogP contribution is -2.11. The molecule has 0 atom stereocenters. The molecule has 0 aliphatic heterocycles. The van der Waals surface area contributed by atoms with Crippen molar-refractivity contribution in [3.05, 3.63) is 75.3 Å². The van der Waals surface area contributed by atoms with Crippen molar-refractivity contribution in [2.24, 2.45) is 5.73 Å². The van der Waals surface area contributed by atoms with Crippen LogP contribution in [0.1, 0.15) is 16.7 Å². The van der Waals surface area contributed by atoms with Gasteiger partial charge in [-0.15, -0.1) is 12.4 Å². The fourth-order valence-electron chi connectivity index (χ4n) is 1.88. The van der Waals surface area contributed by atoms with Crippen molar-refractivity contribution in [2.45, 2.75) is 13.2 Å². The number of amidine groups is 1. The van der Waals surface area contributed by atoms with Crippen LogP contribution in [0, 0.1) is 15.5 Å². The molecular weight excluding hydrogens is 306 g/mol. The van der Waals surface area contributed by atoms with Crippen molar-refractivity contribution in [1.29, 1.82) is 5.41 Å². The van der Waals surface area contributed by atoms with E-state index in [0.717, 1.165) is 11.1 Å². The van der Waals surface area contributed by atoms with E-state index in [1.54, 1.807) is 24.3 Å². The van der Waals surface area contributed by atoms with Gasteiger partial charge in [-0.05, 0) is 17.2 Å². The van der Waals surface area contributed by atoms with Gasteiger partial charge >= 0.3 is 0 Å². The molecule has 0 saturated carbocycles. The third-order valence-corrected chi connectivity index (χ3v) is 2.90. The van der Waals surface area contributed by atoms with E-state index in [2.05, 4.69) is 0 Å². The molecule has 116 valence electrons. The standard InChI is InChI=1S/C15H15N3O3.ClH/c16-15(17)13-5-1-3-11(7-13)9-21-10-12-4-2-6-14(8-12)18(19)20;/h1-8H,9-10H2,(H3,16,17);1H. The Morgan fingerprint density at radius 1 is 1.14 bits per heavy atom. The Hall–Kier alpha value is -2.44. The number of ether oxygens (including phenoxy) is 1. The molecule has 0 spiro atoms. The molecule has 6 nitrogen and oxygen atoms in total. The number of benzene rings is 2. The Bertz CT molecular complexity index is 619. The number of nitrogens with zero attached hydrogens (tertiary/aromatic N) is 1. The summed E-state index contributed by atoms with van der Waals surface area (Å²) in [7, 11) is 0. The topological polar surface area (TPSA) is 102 Å². The smallest absolute Gasteiger partial charge is 0.269 e. The van der Waals surface area contributed by atoms with Gasteiger partial charge in [0, 0.05) is 17.7 Å². The van der Waals surface area contributed by atoms with Gasteiger partial charge in [0.2, 0.25) is 0 Å². The van der Waals surface area contributed by atoms with E-state index in [-0.39, 0.29) is 30.5 Å². The van der Waals surface area contributed by atoms with Gasteiger partial charge < -0.3 is 10.5 Å². The van der Waals surface area contributed by atoms with Gasteiger partial charge in [0.25, 0.3) is 5.69 Å². The van der Waals surface area contributed by atoms with E-state index in [1.807, 2.05) is 12.1 Å². The maximum Gasteiger partial charge on any atom is 0.269 e. The zero-order valence-electron chi connectivity index (χ0n) is 11.7. The lowest BCUT2D eigenvalue weighted by molar-refractivity contribution is -0.384. The number of nitro benzene ring substituents is 1. The number of hydrogen-bond acceptors (Lipinski definition) is 4. The number of halogens is 1. The molecule has 22 heavy (non-hydrogen) atoms. The summed E-state index contributed by atoms with van der Waals surface area (Å²) in [6.07, 6.45) is 0. The number of hydrogen-bond donors (Lipinski definition) is 2. The number of nitrogen functional groups attached to an aromatic ring is 1. The van der Waals surface area contributed by atoms with Crippen LogP contribution >= 0.6 is 12.4 Å². The van der Waals surface area contributed by atoms with Crippen LogP contribution in [0.3, 0.4) is 0 Å². The average molecular weight is 322 g/mol. The van der Waals surface area contributed by atoms with E-state index in [0.29, 0.717) is 12.2 Å². The molecule has 0 bridgehead atoms. The third-order valence-electron chi connectivity index (χ3n) is 2.90. The minimum absolute atomic E-state index is 0. The van der Waals surface area contributed by atoms with Crippen LogP contribution in [0.5, 0.6) is 0 Å². The van der Waals surface area contributed by atoms with Crippen LogP contribution in [0.2, 0.25) is 0 Å². The Labute approximate surface area is 134 Å². The number of nitrogens with two attached hydrogens (primary N) is 1. The Kier molecular flexibility index (Phi) is 6.49. The van der Waals surface area contributed by atoms with Crippen molar-refractivity contribution in [3.8, 4) is 0 Å². The molecule has 2 aromatic rings. The summed E-state index contributed by atoms with van der Waals surface area (Å²) in [6.45, 7) is 0.635. The van der Waals surface area contributed by atoms with Gasteiger partial charge in [-0.1, -0.05) is 30.3 Å². The summed E-state index contributed by atoms with van der Waals surface area (Å²) in [5, 5.41) is 18.1. The second kappa shape index (κ2) is 8.11. The molecule has 3 N–H and O–H groups in total. The highest BCUT2D eigenvalue weighted by molar-refractivity contribution is 5.95. The van der Waals surface area contributed by atoms with Crippen molar-refractivity contribution < 1.29 is 9.66 Å². The molecule has 0 aromatic heterocycles. The van der Waals surface area contributed by atoms with Crippen molar-refractivity contribution in [1.82, 2.24) is 0 Å². The minimum Gasteiger partial charge on any atom is -0.384 e. The maximum atomic E-state index is 10.7. The predicted molar refractivity (Wildman–Crippen MR) is 86.3 cm³/mol. The van der Waals surface area contributed by atoms with Gasteiger partial charge in [0.15, 0.2) is 0 Å². The van der Waals surface area contributed by atoms with E-state index in [1.165, 1.54) is 12.1 Å². The molecule has 0 amide bonds.